The zero-order chi connectivity index (χ0) is 20.7. The minimum atomic E-state index is -1.37. The Morgan fingerprint density at radius 2 is 1.30 bits per heavy atom. The summed E-state index contributed by atoms with van der Waals surface area (Å²) in [6.45, 7) is 5.36. The van der Waals surface area contributed by atoms with Crippen LogP contribution in [0.15, 0.2) is 0 Å². The van der Waals surface area contributed by atoms with E-state index in [4.69, 9.17) is 23.7 Å². The summed E-state index contributed by atoms with van der Waals surface area (Å²) in [5, 5.41) is 2.46. The summed E-state index contributed by atoms with van der Waals surface area (Å²) in [5.41, 5.74) is 0. The van der Waals surface area contributed by atoms with Crippen LogP contribution in [0.5, 0.6) is 0 Å². The van der Waals surface area contributed by atoms with Crippen LogP contribution < -0.4 is 5.32 Å². The molecule has 1 rings (SSSR count). The number of esters is 4. The monoisotopic (exact) mass is 389 g/mol. The highest BCUT2D eigenvalue weighted by atomic mass is 16.7. The van der Waals surface area contributed by atoms with Gasteiger partial charge in [0.15, 0.2) is 12.2 Å². The van der Waals surface area contributed by atoms with Gasteiger partial charge in [-0.25, -0.2) is 0 Å². The maximum atomic E-state index is 11.6. The molecule has 1 fully saturated rings. The molecule has 0 aliphatic carbocycles. The molecular formula is C16H23NO10. The minimum absolute atomic E-state index is 0.365. The third kappa shape index (κ3) is 7.21. The van der Waals surface area contributed by atoms with E-state index in [0.717, 1.165) is 27.7 Å². The van der Waals surface area contributed by atoms with Crippen LogP contribution in [-0.4, -0.2) is 67.0 Å². The van der Waals surface area contributed by atoms with Crippen LogP contribution in [0.2, 0.25) is 0 Å². The summed E-state index contributed by atoms with van der Waals surface area (Å²) in [5.74, 6) is -3.34. The van der Waals surface area contributed by atoms with Gasteiger partial charge in [0.2, 0.25) is 12.2 Å². The van der Waals surface area contributed by atoms with E-state index in [0.29, 0.717) is 0 Å². The van der Waals surface area contributed by atoms with E-state index in [1.807, 2.05) is 0 Å². The average Bonchev–Trinajstić information content (AvgIpc) is 2.49. The molecule has 0 aromatic carbocycles. The fraction of sp³-hybridized carbons (Fsp3) is 0.688. The number of carbonyl (C=O) groups is 5. The van der Waals surface area contributed by atoms with E-state index in [1.165, 1.54) is 6.92 Å². The molecule has 1 N–H and O–H groups in total. The van der Waals surface area contributed by atoms with E-state index >= 15 is 0 Å². The van der Waals surface area contributed by atoms with Gasteiger partial charge in [-0.3, -0.25) is 24.0 Å². The predicted octanol–water partition coefficient (Wildman–Crippen LogP) is -0.794. The highest BCUT2D eigenvalue weighted by Gasteiger charge is 2.52. The van der Waals surface area contributed by atoms with Crippen molar-refractivity contribution < 1.29 is 47.7 Å². The molecule has 0 aromatic heterocycles. The lowest BCUT2D eigenvalue weighted by Gasteiger charge is -2.44. The fourth-order valence-corrected chi connectivity index (χ4v) is 2.55. The number of hydrogen-bond acceptors (Lipinski definition) is 10. The Labute approximate surface area is 155 Å². The van der Waals surface area contributed by atoms with Crippen LogP contribution in [0.3, 0.4) is 0 Å². The number of ether oxygens (including phenoxy) is 5. The Kier molecular flexibility index (Phi) is 8.16. The van der Waals surface area contributed by atoms with Gasteiger partial charge in [0, 0.05) is 34.6 Å². The first-order chi connectivity index (χ1) is 12.5. The van der Waals surface area contributed by atoms with Crippen LogP contribution >= 0.6 is 0 Å². The Morgan fingerprint density at radius 1 is 0.778 bits per heavy atom. The van der Waals surface area contributed by atoms with E-state index < -0.39 is 60.4 Å². The smallest absolute Gasteiger partial charge is 0.305 e. The Balaban J connectivity index is 3.29. The lowest BCUT2D eigenvalue weighted by Crippen LogP contribution is -2.66. The number of amides is 1. The van der Waals surface area contributed by atoms with Crippen LogP contribution in [0.1, 0.15) is 34.6 Å². The molecule has 0 radical (unpaired) electrons. The van der Waals surface area contributed by atoms with Gasteiger partial charge in [0.1, 0.15) is 18.8 Å². The minimum Gasteiger partial charge on any atom is -0.463 e. The molecule has 27 heavy (non-hydrogen) atoms. The maximum Gasteiger partial charge on any atom is 0.305 e. The number of carbonyl (C=O) groups excluding carboxylic acids is 5. The zero-order valence-corrected chi connectivity index (χ0v) is 15.7. The molecule has 0 spiro atoms. The lowest BCUT2D eigenvalue weighted by molar-refractivity contribution is -0.270. The largest absolute Gasteiger partial charge is 0.463 e. The van der Waals surface area contributed by atoms with Crippen molar-refractivity contribution in [2.24, 2.45) is 0 Å². The molecule has 11 nitrogen and oxygen atoms in total. The third-order valence-electron chi connectivity index (χ3n) is 3.35. The molecule has 1 aliphatic heterocycles. The topological polar surface area (TPSA) is 144 Å². The zero-order valence-electron chi connectivity index (χ0n) is 15.7. The molecule has 1 heterocycles. The van der Waals surface area contributed by atoms with Gasteiger partial charge < -0.3 is 29.0 Å². The summed E-state index contributed by atoms with van der Waals surface area (Å²) in [6, 6.07) is -1.16. The Morgan fingerprint density at radius 3 is 1.74 bits per heavy atom. The van der Waals surface area contributed by atoms with Crippen molar-refractivity contribution in [3.05, 3.63) is 0 Å². The molecule has 11 heteroatoms. The van der Waals surface area contributed by atoms with Crippen molar-refractivity contribution in [1.29, 1.82) is 0 Å². The van der Waals surface area contributed by atoms with Crippen LogP contribution in [-0.2, 0) is 47.7 Å². The van der Waals surface area contributed by atoms with Crippen LogP contribution in [0.4, 0.5) is 0 Å². The Bertz CT molecular complexity index is 604. The second-order valence-electron chi connectivity index (χ2n) is 5.83. The van der Waals surface area contributed by atoms with E-state index in [1.54, 1.807) is 0 Å². The summed E-state index contributed by atoms with van der Waals surface area (Å²) < 4.78 is 25.9. The molecule has 0 bridgehead atoms. The molecule has 5 atom stereocenters. The SMILES string of the molecule is CC(=O)N[C@H]1[C@H](OC(C)=O)O[C@@H](COC(C)=O)[C@@H](OC(C)=O)[C@@H]1OC(C)=O. The van der Waals surface area contributed by atoms with E-state index in [9.17, 15) is 24.0 Å². The quantitative estimate of drug-likeness (QED) is 0.453. The molecule has 0 unspecified atom stereocenters. The van der Waals surface area contributed by atoms with E-state index in [2.05, 4.69) is 5.32 Å². The molecular weight excluding hydrogens is 366 g/mol. The van der Waals surface area contributed by atoms with Crippen molar-refractivity contribution in [1.82, 2.24) is 5.32 Å². The molecule has 0 aromatic rings. The second kappa shape index (κ2) is 9.86. The highest BCUT2D eigenvalue weighted by Crippen LogP contribution is 2.28. The fourth-order valence-electron chi connectivity index (χ4n) is 2.55. The van der Waals surface area contributed by atoms with Gasteiger partial charge in [0.25, 0.3) is 0 Å². The summed E-state index contributed by atoms with van der Waals surface area (Å²) in [7, 11) is 0. The first-order valence-corrected chi connectivity index (χ1v) is 8.08. The summed E-state index contributed by atoms with van der Waals surface area (Å²) >= 11 is 0. The Hall–Kier alpha value is -2.69. The van der Waals surface area contributed by atoms with Gasteiger partial charge in [-0.15, -0.1) is 0 Å². The van der Waals surface area contributed by atoms with Crippen LogP contribution in [0, 0.1) is 0 Å². The first kappa shape index (κ1) is 22.4. The van der Waals surface area contributed by atoms with Gasteiger partial charge in [0.05, 0.1) is 0 Å². The molecule has 152 valence electrons. The van der Waals surface area contributed by atoms with Crippen molar-refractivity contribution >= 4 is 29.8 Å². The van der Waals surface area contributed by atoms with Crippen LogP contribution in [0.25, 0.3) is 0 Å². The van der Waals surface area contributed by atoms with Crippen molar-refractivity contribution in [3.63, 3.8) is 0 Å². The number of nitrogens with one attached hydrogen (secondary N) is 1. The molecule has 0 saturated carbocycles. The molecule has 1 saturated heterocycles. The maximum absolute atomic E-state index is 11.6. The van der Waals surface area contributed by atoms with E-state index in [-0.39, 0.29) is 6.61 Å². The normalized spacial score (nSPS) is 27.1. The number of rotatable bonds is 6. The molecule has 1 amide bonds. The summed E-state index contributed by atoms with van der Waals surface area (Å²) in [4.78, 5) is 57.2. The molecule has 1 aliphatic rings. The first-order valence-electron chi connectivity index (χ1n) is 8.08. The second-order valence-corrected chi connectivity index (χ2v) is 5.83. The average molecular weight is 389 g/mol. The lowest BCUT2D eigenvalue weighted by atomic mass is 9.96. The van der Waals surface area contributed by atoms with Crippen molar-refractivity contribution in [2.75, 3.05) is 6.61 Å². The van der Waals surface area contributed by atoms with Gasteiger partial charge in [-0.05, 0) is 0 Å². The van der Waals surface area contributed by atoms with Gasteiger partial charge in [-0.2, -0.15) is 0 Å². The van der Waals surface area contributed by atoms with Gasteiger partial charge >= 0.3 is 23.9 Å². The predicted molar refractivity (Wildman–Crippen MR) is 85.8 cm³/mol. The third-order valence-corrected chi connectivity index (χ3v) is 3.35. The van der Waals surface area contributed by atoms with Gasteiger partial charge in [-0.1, -0.05) is 0 Å². The van der Waals surface area contributed by atoms with Crippen molar-refractivity contribution in [2.45, 2.75) is 65.3 Å². The summed E-state index contributed by atoms with van der Waals surface area (Å²) in [6.07, 6.45) is -4.97. The standard InChI is InChI=1S/C16H23NO10/c1-7(18)17-13-15(25-10(4)21)14(24-9(3)20)12(6-23-8(2)19)27-16(13)26-11(5)22/h12-16H,6H2,1-5H3,(H,17,18)/t12-,13+,14+,15+,16+/m0/s1. The number of hydrogen-bond donors (Lipinski definition) is 1. The van der Waals surface area contributed by atoms with Crippen molar-refractivity contribution in [3.8, 4) is 0 Å². The highest BCUT2D eigenvalue weighted by molar-refractivity contribution is 5.74.